The molecule has 1 amide bonds. The number of hydrogen-bond donors (Lipinski definition) is 1. The van der Waals surface area contributed by atoms with Crippen LogP contribution in [0.1, 0.15) is 61.4 Å². The largest absolute Gasteiger partial charge is 0.507 e. The summed E-state index contributed by atoms with van der Waals surface area (Å²) >= 11 is 0. The van der Waals surface area contributed by atoms with Crippen molar-refractivity contribution in [3.05, 3.63) is 88.8 Å². The standard InChI is InChI=1S/C32H34N2O6/c1-4-5-6-15-39-26-10-7-22(18-27(26)38-3)29-28(30(35)23-8-9-25-24(17-23)16-20(2)40-25)31(36)32(37)34(29)19-21-11-13-33-14-12-21/h7-14,17-18,20,29,35H,4-6,15-16,19H2,1-3H3. The molecule has 2 atom stereocenters. The lowest BCUT2D eigenvalue weighted by atomic mass is 9.94. The number of amides is 1. The first-order valence-corrected chi connectivity index (χ1v) is 13.7. The number of rotatable bonds is 10. The van der Waals surface area contributed by atoms with Gasteiger partial charge in [-0.1, -0.05) is 25.8 Å². The van der Waals surface area contributed by atoms with Crippen molar-refractivity contribution in [2.75, 3.05) is 13.7 Å². The van der Waals surface area contributed by atoms with Crippen LogP contribution in [-0.4, -0.2) is 46.5 Å². The van der Waals surface area contributed by atoms with E-state index in [-0.39, 0.29) is 24.0 Å². The van der Waals surface area contributed by atoms with Gasteiger partial charge in [0, 0.05) is 30.9 Å². The Morgan fingerprint density at radius 1 is 1.07 bits per heavy atom. The Morgan fingerprint density at radius 3 is 2.62 bits per heavy atom. The van der Waals surface area contributed by atoms with Crippen LogP contribution in [0.4, 0.5) is 0 Å². The molecule has 1 N–H and O–H groups in total. The van der Waals surface area contributed by atoms with E-state index < -0.39 is 17.7 Å². The van der Waals surface area contributed by atoms with Gasteiger partial charge in [0.25, 0.3) is 11.7 Å². The maximum atomic E-state index is 13.5. The van der Waals surface area contributed by atoms with E-state index in [9.17, 15) is 14.7 Å². The van der Waals surface area contributed by atoms with Crippen molar-refractivity contribution in [3.8, 4) is 17.2 Å². The SMILES string of the molecule is CCCCCOc1ccc(C2C(=C(O)c3ccc4c(c3)CC(C)O4)C(=O)C(=O)N2Cc2ccncc2)cc1OC. The highest BCUT2D eigenvalue weighted by Gasteiger charge is 2.46. The molecule has 8 nitrogen and oxygen atoms in total. The highest BCUT2D eigenvalue weighted by atomic mass is 16.5. The lowest BCUT2D eigenvalue weighted by Gasteiger charge is -2.26. The van der Waals surface area contributed by atoms with Crippen LogP contribution in [0, 0.1) is 0 Å². The first kappa shape index (κ1) is 27.2. The van der Waals surface area contributed by atoms with Crippen molar-refractivity contribution in [3.63, 3.8) is 0 Å². The smallest absolute Gasteiger partial charge is 0.295 e. The summed E-state index contributed by atoms with van der Waals surface area (Å²) in [5, 5.41) is 11.5. The number of ether oxygens (including phenoxy) is 3. The molecule has 5 rings (SSSR count). The lowest BCUT2D eigenvalue weighted by Crippen LogP contribution is -2.29. The van der Waals surface area contributed by atoms with Gasteiger partial charge in [-0.2, -0.15) is 0 Å². The van der Waals surface area contributed by atoms with Gasteiger partial charge in [-0.3, -0.25) is 14.6 Å². The number of ketones is 1. The topological polar surface area (TPSA) is 98.2 Å². The Balaban J connectivity index is 1.58. The van der Waals surface area contributed by atoms with Crippen molar-refractivity contribution in [2.45, 2.75) is 58.2 Å². The summed E-state index contributed by atoms with van der Waals surface area (Å²) in [5.74, 6) is 0.203. The van der Waals surface area contributed by atoms with Gasteiger partial charge in [-0.25, -0.2) is 0 Å². The fourth-order valence-corrected chi connectivity index (χ4v) is 5.31. The molecule has 0 aliphatic carbocycles. The highest BCUT2D eigenvalue weighted by Crippen LogP contribution is 2.43. The van der Waals surface area contributed by atoms with Gasteiger partial charge < -0.3 is 24.2 Å². The predicted octanol–water partition coefficient (Wildman–Crippen LogP) is 5.60. The molecule has 2 aliphatic rings. The third-order valence-electron chi connectivity index (χ3n) is 7.32. The van der Waals surface area contributed by atoms with Crippen LogP contribution in [0.5, 0.6) is 17.2 Å². The summed E-state index contributed by atoms with van der Waals surface area (Å²) in [6.45, 7) is 4.84. The van der Waals surface area contributed by atoms with Crippen molar-refractivity contribution in [1.82, 2.24) is 9.88 Å². The number of carbonyl (C=O) groups excluding carboxylic acids is 2. The van der Waals surface area contributed by atoms with Crippen molar-refractivity contribution in [2.24, 2.45) is 0 Å². The van der Waals surface area contributed by atoms with Gasteiger partial charge in [0.1, 0.15) is 17.6 Å². The van der Waals surface area contributed by atoms with Crippen LogP contribution >= 0.6 is 0 Å². The van der Waals surface area contributed by atoms with Gasteiger partial charge in [0.15, 0.2) is 11.5 Å². The minimum Gasteiger partial charge on any atom is -0.507 e. The zero-order valence-electron chi connectivity index (χ0n) is 23.1. The van der Waals surface area contributed by atoms with Gasteiger partial charge in [-0.15, -0.1) is 0 Å². The molecular formula is C32H34N2O6. The molecule has 208 valence electrons. The Bertz CT molecular complexity index is 1430. The van der Waals surface area contributed by atoms with Crippen LogP contribution in [-0.2, 0) is 22.6 Å². The van der Waals surface area contributed by atoms with Gasteiger partial charge >= 0.3 is 0 Å². The van der Waals surface area contributed by atoms with E-state index in [1.807, 2.05) is 19.1 Å². The summed E-state index contributed by atoms with van der Waals surface area (Å²) in [5.41, 5.74) is 2.89. The molecule has 2 unspecified atom stereocenters. The molecule has 2 aliphatic heterocycles. The monoisotopic (exact) mass is 542 g/mol. The van der Waals surface area contributed by atoms with Crippen molar-refractivity contribution >= 4 is 17.4 Å². The molecule has 40 heavy (non-hydrogen) atoms. The number of carbonyl (C=O) groups is 2. The molecule has 3 heterocycles. The number of pyridine rings is 1. The maximum Gasteiger partial charge on any atom is 0.295 e. The average Bonchev–Trinajstić information content (AvgIpc) is 3.46. The minimum atomic E-state index is -0.834. The van der Waals surface area contributed by atoms with E-state index in [1.165, 1.54) is 4.90 Å². The minimum absolute atomic E-state index is 0.0321. The molecule has 1 aromatic heterocycles. The van der Waals surface area contributed by atoms with E-state index in [2.05, 4.69) is 11.9 Å². The van der Waals surface area contributed by atoms with Crippen LogP contribution in [0.15, 0.2) is 66.5 Å². The second kappa shape index (κ2) is 11.8. The Hall–Kier alpha value is -4.33. The summed E-state index contributed by atoms with van der Waals surface area (Å²) in [7, 11) is 1.56. The fraction of sp³-hybridized carbons (Fsp3) is 0.344. The second-order valence-corrected chi connectivity index (χ2v) is 10.2. The van der Waals surface area contributed by atoms with E-state index in [1.54, 1.807) is 55.9 Å². The zero-order chi connectivity index (χ0) is 28.2. The Labute approximate surface area is 234 Å². The summed E-state index contributed by atoms with van der Waals surface area (Å²) < 4.78 is 17.4. The second-order valence-electron chi connectivity index (χ2n) is 10.2. The van der Waals surface area contributed by atoms with Crippen LogP contribution in [0.25, 0.3) is 5.76 Å². The molecule has 0 spiro atoms. The summed E-state index contributed by atoms with van der Waals surface area (Å²) in [6.07, 6.45) is 7.10. The third-order valence-corrected chi connectivity index (χ3v) is 7.32. The van der Waals surface area contributed by atoms with Crippen molar-refractivity contribution in [1.29, 1.82) is 0 Å². The van der Waals surface area contributed by atoms with Crippen LogP contribution < -0.4 is 14.2 Å². The quantitative estimate of drug-likeness (QED) is 0.154. The normalized spacial score (nSPS) is 19.4. The number of likely N-dealkylation sites (tertiary alicyclic amines) is 1. The first-order chi connectivity index (χ1) is 19.4. The third kappa shape index (κ3) is 5.39. The predicted molar refractivity (Wildman–Crippen MR) is 150 cm³/mol. The summed E-state index contributed by atoms with van der Waals surface area (Å²) in [6, 6.07) is 13.5. The summed E-state index contributed by atoms with van der Waals surface area (Å²) in [4.78, 5) is 32.5. The molecular weight excluding hydrogens is 508 g/mol. The molecule has 8 heteroatoms. The van der Waals surface area contributed by atoms with Gasteiger partial charge in [-0.05, 0) is 72.5 Å². The maximum absolute atomic E-state index is 13.5. The van der Waals surface area contributed by atoms with Gasteiger partial charge in [0.05, 0.1) is 25.3 Å². The van der Waals surface area contributed by atoms with E-state index >= 15 is 0 Å². The van der Waals surface area contributed by atoms with Crippen molar-refractivity contribution < 1.29 is 28.9 Å². The molecule has 0 bridgehead atoms. The molecule has 2 aromatic carbocycles. The number of nitrogens with zero attached hydrogens (tertiary/aromatic N) is 2. The number of benzene rings is 2. The lowest BCUT2D eigenvalue weighted by molar-refractivity contribution is -0.140. The molecule has 1 saturated heterocycles. The average molecular weight is 543 g/mol. The molecule has 0 radical (unpaired) electrons. The number of hydrogen-bond acceptors (Lipinski definition) is 7. The number of aliphatic hydroxyl groups excluding tert-OH is 1. The number of methoxy groups -OCH3 is 1. The highest BCUT2D eigenvalue weighted by molar-refractivity contribution is 6.46. The first-order valence-electron chi connectivity index (χ1n) is 13.7. The van der Waals surface area contributed by atoms with E-state index in [4.69, 9.17) is 14.2 Å². The van der Waals surface area contributed by atoms with E-state index in [0.29, 0.717) is 35.7 Å². The molecule has 3 aromatic rings. The number of aliphatic hydroxyl groups is 1. The fourth-order valence-electron chi connectivity index (χ4n) is 5.31. The Morgan fingerprint density at radius 2 is 1.88 bits per heavy atom. The number of fused-ring (bicyclic) bond motifs is 1. The molecule has 0 saturated carbocycles. The zero-order valence-corrected chi connectivity index (χ0v) is 23.1. The Kier molecular flexibility index (Phi) is 8.05. The van der Waals surface area contributed by atoms with Crippen LogP contribution in [0.3, 0.4) is 0 Å². The number of Topliss-reactive ketones (excluding diaryl/α,β-unsaturated/α-hetero) is 1. The van der Waals surface area contributed by atoms with E-state index in [0.717, 1.165) is 36.1 Å². The number of aromatic nitrogens is 1. The number of unbranched alkanes of at least 4 members (excludes halogenated alkanes) is 2. The van der Waals surface area contributed by atoms with Gasteiger partial charge in [0.2, 0.25) is 0 Å². The molecule has 1 fully saturated rings. The van der Waals surface area contributed by atoms with Crippen LogP contribution in [0.2, 0.25) is 0 Å².